The molecule has 7 nitrogen and oxygen atoms in total. The Kier molecular flexibility index (Phi) is 6.14. The average molecular weight is 451 g/mol. The average Bonchev–Trinajstić information content (AvgIpc) is 2.92. The van der Waals surface area contributed by atoms with Crippen LogP contribution in [0.4, 0.5) is 5.69 Å². The van der Waals surface area contributed by atoms with E-state index in [9.17, 15) is 19.2 Å². The first-order valence-electron chi connectivity index (χ1n) is 10.2. The molecule has 0 fully saturated rings. The van der Waals surface area contributed by atoms with Crippen molar-refractivity contribution in [3.8, 4) is 0 Å². The van der Waals surface area contributed by atoms with Gasteiger partial charge in [-0.3, -0.25) is 19.3 Å². The maximum atomic E-state index is 12.9. The van der Waals surface area contributed by atoms with Crippen LogP contribution in [-0.2, 0) is 9.53 Å². The monoisotopic (exact) mass is 450 g/mol. The fraction of sp³-hybridized carbons (Fsp3) is 0.250. The minimum absolute atomic E-state index is 0.0921. The van der Waals surface area contributed by atoms with Gasteiger partial charge in [0, 0.05) is 23.2 Å². The van der Waals surface area contributed by atoms with Gasteiger partial charge in [0.05, 0.1) is 22.4 Å². The summed E-state index contributed by atoms with van der Waals surface area (Å²) in [7, 11) is 0. The zero-order valence-electron chi connectivity index (χ0n) is 17.6. The molecule has 0 radical (unpaired) electrons. The van der Waals surface area contributed by atoms with E-state index in [1.165, 1.54) is 24.3 Å². The maximum Gasteiger partial charge on any atom is 0.338 e. The van der Waals surface area contributed by atoms with Crippen LogP contribution >= 0.6 is 11.8 Å². The Morgan fingerprint density at radius 3 is 2.69 bits per heavy atom. The van der Waals surface area contributed by atoms with Gasteiger partial charge in [-0.2, -0.15) is 0 Å². The molecule has 0 aromatic heterocycles. The highest BCUT2D eigenvalue weighted by Crippen LogP contribution is 2.37. The summed E-state index contributed by atoms with van der Waals surface area (Å²) in [5.74, 6) is -1.95. The number of esters is 1. The fourth-order valence-electron chi connectivity index (χ4n) is 3.75. The summed E-state index contributed by atoms with van der Waals surface area (Å²) >= 11 is 1.72. The van der Waals surface area contributed by atoms with Crippen molar-refractivity contribution in [2.75, 3.05) is 24.6 Å². The summed E-state index contributed by atoms with van der Waals surface area (Å²) in [6.45, 7) is 5.88. The largest absolute Gasteiger partial charge is 0.452 e. The van der Waals surface area contributed by atoms with E-state index < -0.39 is 24.4 Å². The van der Waals surface area contributed by atoms with Gasteiger partial charge in [0.1, 0.15) is 0 Å². The highest BCUT2D eigenvalue weighted by Gasteiger charge is 2.35. The van der Waals surface area contributed by atoms with Crippen LogP contribution in [0.1, 0.15) is 44.4 Å². The molecule has 32 heavy (non-hydrogen) atoms. The molecule has 164 valence electrons. The molecule has 3 amide bonds. The lowest BCUT2D eigenvalue weighted by Crippen LogP contribution is -2.35. The van der Waals surface area contributed by atoms with E-state index in [0.29, 0.717) is 11.8 Å². The molecule has 4 rings (SSSR count). The van der Waals surface area contributed by atoms with Crippen LogP contribution in [0.5, 0.6) is 0 Å². The van der Waals surface area contributed by atoms with E-state index in [4.69, 9.17) is 4.74 Å². The minimum Gasteiger partial charge on any atom is -0.452 e. The van der Waals surface area contributed by atoms with E-state index in [-0.39, 0.29) is 29.1 Å². The molecule has 0 saturated carbocycles. The van der Waals surface area contributed by atoms with Gasteiger partial charge >= 0.3 is 5.97 Å². The number of carbonyl (C=O) groups excluding carboxylic acids is 4. The lowest BCUT2D eigenvalue weighted by atomic mass is 10.1. The number of thioether (sulfide) groups is 1. The zero-order chi connectivity index (χ0) is 22.8. The lowest BCUT2D eigenvalue weighted by Gasteiger charge is -2.22. The SMILES string of the molecule is C=CCN1C(=O)c2ccc(C(=O)OCC(=O)N3CCC(C)Sc4ccccc43)cc2C1=O. The Labute approximate surface area is 190 Å². The molecule has 2 aromatic carbocycles. The molecule has 1 unspecified atom stereocenters. The summed E-state index contributed by atoms with van der Waals surface area (Å²) in [4.78, 5) is 53.9. The van der Waals surface area contributed by atoms with Gasteiger partial charge in [0.15, 0.2) is 6.61 Å². The van der Waals surface area contributed by atoms with Crippen LogP contribution in [0.3, 0.4) is 0 Å². The number of amides is 3. The van der Waals surface area contributed by atoms with Gasteiger partial charge in [-0.15, -0.1) is 18.3 Å². The molecule has 0 aliphatic carbocycles. The van der Waals surface area contributed by atoms with E-state index >= 15 is 0 Å². The van der Waals surface area contributed by atoms with Crippen LogP contribution in [-0.4, -0.2) is 53.5 Å². The van der Waals surface area contributed by atoms with Crippen molar-refractivity contribution in [3.63, 3.8) is 0 Å². The molecular weight excluding hydrogens is 428 g/mol. The van der Waals surface area contributed by atoms with Crippen molar-refractivity contribution in [1.82, 2.24) is 4.90 Å². The number of fused-ring (bicyclic) bond motifs is 2. The first-order valence-corrected chi connectivity index (χ1v) is 11.1. The van der Waals surface area contributed by atoms with Gasteiger partial charge < -0.3 is 9.64 Å². The Morgan fingerprint density at radius 1 is 1.16 bits per heavy atom. The number of imide groups is 1. The number of ether oxygens (including phenoxy) is 1. The van der Waals surface area contributed by atoms with Crippen molar-refractivity contribution in [1.29, 1.82) is 0 Å². The Morgan fingerprint density at radius 2 is 1.91 bits per heavy atom. The Hall–Kier alpha value is -3.39. The summed E-state index contributed by atoms with van der Waals surface area (Å²) < 4.78 is 5.26. The third-order valence-electron chi connectivity index (χ3n) is 5.39. The van der Waals surface area contributed by atoms with E-state index in [1.807, 2.05) is 24.3 Å². The first kappa shape index (κ1) is 21.8. The Balaban J connectivity index is 1.46. The van der Waals surface area contributed by atoms with E-state index in [0.717, 1.165) is 21.9 Å². The maximum absolute atomic E-state index is 12.9. The van der Waals surface area contributed by atoms with Crippen LogP contribution in [0.15, 0.2) is 60.0 Å². The van der Waals surface area contributed by atoms with E-state index in [1.54, 1.807) is 16.7 Å². The molecule has 0 spiro atoms. The predicted molar refractivity (Wildman–Crippen MR) is 121 cm³/mol. The van der Waals surface area contributed by atoms with Crippen LogP contribution < -0.4 is 4.90 Å². The van der Waals surface area contributed by atoms with Crippen molar-refractivity contribution in [2.24, 2.45) is 0 Å². The van der Waals surface area contributed by atoms with Gasteiger partial charge in [-0.05, 0) is 36.8 Å². The lowest BCUT2D eigenvalue weighted by molar-refractivity contribution is -0.121. The molecular formula is C24H22N2O5S. The second-order valence-corrected chi connectivity index (χ2v) is 9.06. The van der Waals surface area contributed by atoms with Crippen LogP contribution in [0.2, 0.25) is 0 Å². The number of anilines is 1. The van der Waals surface area contributed by atoms with Crippen molar-refractivity contribution < 1.29 is 23.9 Å². The fourth-order valence-corrected chi connectivity index (χ4v) is 4.86. The number of para-hydroxylation sites is 1. The van der Waals surface area contributed by atoms with Gasteiger partial charge in [0.25, 0.3) is 17.7 Å². The van der Waals surface area contributed by atoms with Crippen molar-refractivity contribution in [3.05, 3.63) is 71.8 Å². The zero-order valence-corrected chi connectivity index (χ0v) is 18.4. The normalized spacial score (nSPS) is 17.5. The smallest absolute Gasteiger partial charge is 0.338 e. The first-order chi connectivity index (χ1) is 15.4. The van der Waals surface area contributed by atoms with Crippen molar-refractivity contribution in [2.45, 2.75) is 23.5 Å². The second-order valence-electron chi connectivity index (χ2n) is 7.58. The quantitative estimate of drug-likeness (QED) is 0.394. The third-order valence-corrected chi connectivity index (χ3v) is 6.63. The molecule has 2 aliphatic heterocycles. The van der Waals surface area contributed by atoms with Gasteiger partial charge in [-0.1, -0.05) is 25.1 Å². The van der Waals surface area contributed by atoms with Crippen LogP contribution in [0.25, 0.3) is 0 Å². The molecule has 1 atom stereocenters. The van der Waals surface area contributed by atoms with E-state index in [2.05, 4.69) is 13.5 Å². The topological polar surface area (TPSA) is 84.0 Å². The highest BCUT2D eigenvalue weighted by atomic mass is 32.2. The van der Waals surface area contributed by atoms with Crippen LogP contribution in [0, 0.1) is 0 Å². The molecule has 0 bridgehead atoms. The number of benzene rings is 2. The molecule has 0 saturated heterocycles. The third kappa shape index (κ3) is 4.05. The molecule has 0 N–H and O–H groups in total. The summed E-state index contributed by atoms with van der Waals surface area (Å²) in [6.07, 6.45) is 2.28. The van der Waals surface area contributed by atoms with Crippen molar-refractivity contribution >= 4 is 41.1 Å². The number of carbonyl (C=O) groups is 4. The molecule has 2 aromatic rings. The number of hydrogen-bond acceptors (Lipinski definition) is 6. The molecule has 2 aliphatic rings. The standard InChI is InChI=1S/C24H22N2O5S/c1-3-11-26-22(28)17-9-8-16(13-18(17)23(26)29)24(30)31-14-21(27)25-12-10-15(2)32-20-7-5-4-6-19(20)25/h3-9,13,15H,1,10-12,14H2,2H3. The highest BCUT2D eigenvalue weighted by molar-refractivity contribution is 8.00. The van der Waals surface area contributed by atoms with Gasteiger partial charge in [0.2, 0.25) is 0 Å². The number of rotatable bonds is 5. The molecule has 2 heterocycles. The number of hydrogen-bond donors (Lipinski definition) is 0. The summed E-state index contributed by atoms with van der Waals surface area (Å²) in [6, 6.07) is 11.9. The number of nitrogens with zero attached hydrogens (tertiary/aromatic N) is 2. The second kappa shape index (κ2) is 9.00. The minimum atomic E-state index is -0.727. The summed E-state index contributed by atoms with van der Waals surface area (Å²) in [5.41, 5.74) is 1.30. The van der Waals surface area contributed by atoms with Gasteiger partial charge in [-0.25, -0.2) is 4.79 Å². The molecule has 8 heteroatoms. The Bertz CT molecular complexity index is 1130. The predicted octanol–water partition coefficient (Wildman–Crippen LogP) is 3.54. The summed E-state index contributed by atoms with van der Waals surface area (Å²) in [5, 5.41) is 0.365.